The van der Waals surface area contributed by atoms with Crippen LogP contribution >= 0.6 is 15.9 Å². The summed E-state index contributed by atoms with van der Waals surface area (Å²) in [7, 11) is 0. The Morgan fingerprint density at radius 1 is 1.10 bits per heavy atom. The van der Waals surface area contributed by atoms with Crippen LogP contribution in [0.4, 0.5) is 0 Å². The summed E-state index contributed by atoms with van der Waals surface area (Å²) in [6, 6.07) is 11.6. The molecule has 3 rings (SSSR count). The summed E-state index contributed by atoms with van der Waals surface area (Å²) in [5, 5.41) is 0. The first-order valence-electron chi connectivity index (χ1n) is 6.28. The molecule has 0 radical (unpaired) electrons. The van der Waals surface area contributed by atoms with Crippen LogP contribution in [0.1, 0.15) is 22.7 Å². The van der Waals surface area contributed by atoms with E-state index in [0.29, 0.717) is 0 Å². The zero-order chi connectivity index (χ0) is 14.3. The number of benzene rings is 2. The molecule has 1 unspecified atom stereocenters. The van der Waals surface area contributed by atoms with E-state index in [1.807, 2.05) is 37.3 Å². The molecular weight excluding hydrogens is 318 g/mol. The van der Waals surface area contributed by atoms with Crippen molar-refractivity contribution in [3.05, 3.63) is 68.0 Å². The van der Waals surface area contributed by atoms with Gasteiger partial charge in [-0.15, -0.1) is 0 Å². The Morgan fingerprint density at radius 3 is 2.65 bits per heavy atom. The molecule has 0 saturated carbocycles. The number of H-pyrrole nitrogens is 2. The molecule has 5 heteroatoms. The highest BCUT2D eigenvalue weighted by atomic mass is 79.9. The van der Waals surface area contributed by atoms with E-state index in [4.69, 9.17) is 5.73 Å². The van der Waals surface area contributed by atoms with E-state index in [1.165, 1.54) is 0 Å². The number of hydrogen-bond acceptors (Lipinski definition) is 2. The van der Waals surface area contributed by atoms with Crippen LogP contribution in [0.5, 0.6) is 0 Å². The predicted octanol–water partition coefficient (Wildman–Crippen LogP) is 2.98. The third-order valence-electron chi connectivity index (χ3n) is 3.39. The highest BCUT2D eigenvalue weighted by Crippen LogP contribution is 2.28. The number of imidazole rings is 1. The zero-order valence-corrected chi connectivity index (χ0v) is 12.5. The average molecular weight is 332 g/mol. The van der Waals surface area contributed by atoms with Crippen LogP contribution in [0.2, 0.25) is 0 Å². The fraction of sp³-hybridized carbons (Fsp3) is 0.133. The summed E-state index contributed by atoms with van der Waals surface area (Å²) in [5.41, 5.74) is 10.9. The van der Waals surface area contributed by atoms with E-state index in [1.54, 1.807) is 0 Å². The first kappa shape index (κ1) is 13.1. The molecule has 1 aromatic heterocycles. The van der Waals surface area contributed by atoms with Gasteiger partial charge in [-0.25, -0.2) is 4.79 Å². The first-order chi connectivity index (χ1) is 9.54. The minimum absolute atomic E-state index is 0.206. The summed E-state index contributed by atoms with van der Waals surface area (Å²) in [5.74, 6) is 0. The molecule has 2 aromatic carbocycles. The van der Waals surface area contributed by atoms with Crippen molar-refractivity contribution in [2.24, 2.45) is 5.73 Å². The number of nitrogens with two attached hydrogens (primary N) is 1. The highest BCUT2D eigenvalue weighted by Gasteiger charge is 2.13. The van der Waals surface area contributed by atoms with E-state index in [2.05, 4.69) is 32.0 Å². The van der Waals surface area contributed by atoms with Gasteiger partial charge in [0.25, 0.3) is 0 Å². The number of aryl methyl sites for hydroxylation is 1. The quantitative estimate of drug-likeness (QED) is 0.675. The van der Waals surface area contributed by atoms with Crippen LogP contribution in [0.25, 0.3) is 11.0 Å². The van der Waals surface area contributed by atoms with Crippen LogP contribution in [-0.4, -0.2) is 9.97 Å². The second-order valence-electron chi connectivity index (χ2n) is 4.89. The third kappa shape index (κ3) is 2.30. The Balaban J connectivity index is 2.09. The molecular formula is C15H14BrN3O. The lowest BCUT2D eigenvalue weighted by molar-refractivity contribution is 0.865. The molecule has 4 nitrogen and oxygen atoms in total. The van der Waals surface area contributed by atoms with Crippen LogP contribution in [0, 0.1) is 6.92 Å². The average Bonchev–Trinajstić information content (AvgIpc) is 2.79. The second-order valence-corrected chi connectivity index (χ2v) is 5.74. The van der Waals surface area contributed by atoms with Gasteiger partial charge in [-0.05, 0) is 36.2 Å². The fourth-order valence-electron chi connectivity index (χ4n) is 2.32. The number of aromatic amines is 2. The largest absolute Gasteiger partial charge is 0.323 e. The predicted molar refractivity (Wildman–Crippen MR) is 83.8 cm³/mol. The summed E-state index contributed by atoms with van der Waals surface area (Å²) in [4.78, 5) is 16.8. The van der Waals surface area contributed by atoms with Gasteiger partial charge in [0.2, 0.25) is 0 Å². The Hall–Kier alpha value is -1.85. The third-order valence-corrected chi connectivity index (χ3v) is 4.11. The minimum atomic E-state index is -0.243. The molecule has 1 heterocycles. The molecule has 0 aliphatic carbocycles. The van der Waals surface area contributed by atoms with Crippen molar-refractivity contribution >= 4 is 27.0 Å². The van der Waals surface area contributed by atoms with Crippen molar-refractivity contribution < 1.29 is 0 Å². The van der Waals surface area contributed by atoms with Crippen LogP contribution in [0.3, 0.4) is 0 Å². The normalized spacial score (nSPS) is 12.8. The molecule has 3 aromatic rings. The van der Waals surface area contributed by atoms with Gasteiger partial charge in [-0.2, -0.15) is 0 Å². The number of nitrogens with one attached hydrogen (secondary N) is 2. The molecule has 0 aliphatic rings. The maximum absolute atomic E-state index is 11.3. The number of aromatic nitrogens is 2. The van der Waals surface area contributed by atoms with Crippen molar-refractivity contribution in [1.82, 2.24) is 9.97 Å². The standard InChI is InChI=1S/C15H14BrN3O/c1-8-2-4-11(16)10(6-8)14(17)9-3-5-12-13(7-9)19-15(20)18-12/h2-7,14H,17H2,1H3,(H2,18,19,20). The van der Waals surface area contributed by atoms with Gasteiger partial charge < -0.3 is 15.7 Å². The van der Waals surface area contributed by atoms with Crippen LogP contribution in [-0.2, 0) is 0 Å². The van der Waals surface area contributed by atoms with Gasteiger partial charge in [-0.3, -0.25) is 0 Å². The van der Waals surface area contributed by atoms with Gasteiger partial charge in [0.05, 0.1) is 17.1 Å². The van der Waals surface area contributed by atoms with E-state index in [-0.39, 0.29) is 11.7 Å². The molecule has 0 aliphatic heterocycles. The summed E-state index contributed by atoms with van der Waals surface area (Å²) in [6.45, 7) is 2.04. The molecule has 0 fully saturated rings. The maximum atomic E-state index is 11.3. The number of halogens is 1. The fourth-order valence-corrected chi connectivity index (χ4v) is 2.82. The van der Waals surface area contributed by atoms with E-state index in [9.17, 15) is 4.79 Å². The van der Waals surface area contributed by atoms with Crippen molar-refractivity contribution in [2.45, 2.75) is 13.0 Å². The maximum Gasteiger partial charge on any atom is 0.323 e. The lowest BCUT2D eigenvalue weighted by Gasteiger charge is -2.15. The van der Waals surface area contributed by atoms with E-state index >= 15 is 0 Å². The number of rotatable bonds is 2. The molecule has 0 bridgehead atoms. The Morgan fingerprint density at radius 2 is 1.85 bits per heavy atom. The van der Waals surface area contributed by atoms with Crippen LogP contribution in [0.15, 0.2) is 45.7 Å². The van der Waals surface area contributed by atoms with E-state index in [0.717, 1.165) is 32.2 Å². The van der Waals surface area contributed by atoms with Crippen molar-refractivity contribution in [1.29, 1.82) is 0 Å². The molecule has 20 heavy (non-hydrogen) atoms. The van der Waals surface area contributed by atoms with Crippen molar-refractivity contribution in [3.8, 4) is 0 Å². The minimum Gasteiger partial charge on any atom is -0.320 e. The van der Waals surface area contributed by atoms with Crippen LogP contribution < -0.4 is 11.4 Å². The molecule has 4 N–H and O–H groups in total. The molecule has 0 amide bonds. The van der Waals surface area contributed by atoms with Crippen molar-refractivity contribution in [3.63, 3.8) is 0 Å². The molecule has 1 atom stereocenters. The molecule has 0 saturated heterocycles. The molecule has 102 valence electrons. The number of fused-ring (bicyclic) bond motifs is 1. The lowest BCUT2D eigenvalue weighted by atomic mass is 9.98. The SMILES string of the molecule is Cc1ccc(Br)c(C(N)c2ccc3[nH]c(=O)[nH]c3c2)c1. The van der Waals surface area contributed by atoms with Crippen molar-refractivity contribution in [2.75, 3.05) is 0 Å². The smallest absolute Gasteiger partial charge is 0.320 e. The Kier molecular flexibility index (Phi) is 3.23. The Labute approximate surface area is 124 Å². The summed E-state index contributed by atoms with van der Waals surface area (Å²) in [6.07, 6.45) is 0. The summed E-state index contributed by atoms with van der Waals surface area (Å²) >= 11 is 3.54. The van der Waals surface area contributed by atoms with E-state index < -0.39 is 0 Å². The zero-order valence-electron chi connectivity index (χ0n) is 10.9. The topological polar surface area (TPSA) is 74.7 Å². The second kappa shape index (κ2) is 4.92. The van der Waals surface area contributed by atoms with Gasteiger partial charge >= 0.3 is 5.69 Å². The monoisotopic (exact) mass is 331 g/mol. The Bertz CT molecular complexity index is 834. The van der Waals surface area contributed by atoms with Gasteiger partial charge in [0.1, 0.15) is 0 Å². The lowest BCUT2D eigenvalue weighted by Crippen LogP contribution is -2.12. The van der Waals surface area contributed by atoms with Gasteiger partial charge in [0.15, 0.2) is 0 Å². The highest BCUT2D eigenvalue weighted by molar-refractivity contribution is 9.10. The number of hydrogen-bond donors (Lipinski definition) is 3. The molecule has 0 spiro atoms. The van der Waals surface area contributed by atoms with Gasteiger partial charge in [0, 0.05) is 4.47 Å². The van der Waals surface area contributed by atoms with Gasteiger partial charge in [-0.1, -0.05) is 39.7 Å². The summed E-state index contributed by atoms with van der Waals surface area (Å²) < 4.78 is 0.984. The first-order valence-corrected chi connectivity index (χ1v) is 7.07.